The zero-order chi connectivity index (χ0) is 25.8. The Morgan fingerprint density at radius 3 is 2.59 bits per heavy atom. The van der Waals surface area contributed by atoms with Crippen LogP contribution in [-0.2, 0) is 22.5 Å². The third-order valence-electron chi connectivity index (χ3n) is 7.13. The van der Waals surface area contributed by atoms with Crippen LogP contribution in [-0.4, -0.2) is 55.8 Å². The predicted octanol–water partition coefficient (Wildman–Crippen LogP) is 3.49. The van der Waals surface area contributed by atoms with E-state index in [9.17, 15) is 9.59 Å². The van der Waals surface area contributed by atoms with Gasteiger partial charge in [-0.2, -0.15) is 0 Å². The average molecular weight is 501 g/mol. The standard InChI is InChI=1S/C28H32N6O3/c1-3-19-10-11-24-22(16-19)17-23(27(35)29-24)25(33-14-12-21(13-15-33)28(36)37-4-2)26-30-31-32-34(26)18-20-8-6-5-7-9-20/h5-11,16-17,21,25H,3-4,12-15,18H2,1-2H3,(H,29,35). The smallest absolute Gasteiger partial charge is 0.309 e. The number of H-pyrrole nitrogens is 1. The molecule has 3 heterocycles. The van der Waals surface area contributed by atoms with Crippen LogP contribution in [0.2, 0.25) is 0 Å². The molecular formula is C28H32N6O3. The topological polar surface area (TPSA) is 106 Å². The highest BCUT2D eigenvalue weighted by Crippen LogP contribution is 2.31. The molecule has 1 N–H and O–H groups in total. The Kier molecular flexibility index (Phi) is 7.41. The van der Waals surface area contributed by atoms with Crippen LogP contribution in [0.4, 0.5) is 0 Å². The number of benzene rings is 2. The number of aromatic amines is 1. The summed E-state index contributed by atoms with van der Waals surface area (Å²) in [6, 6.07) is 17.6. The van der Waals surface area contributed by atoms with Gasteiger partial charge in [-0.05, 0) is 71.3 Å². The molecule has 1 aliphatic heterocycles. The SMILES string of the molecule is CCOC(=O)C1CCN(C(c2cc3cc(CC)ccc3[nH]c2=O)c2nnnn2Cc2ccccc2)CC1. The molecule has 1 atom stereocenters. The van der Waals surface area contributed by atoms with Crippen LogP contribution in [0.25, 0.3) is 10.9 Å². The van der Waals surface area contributed by atoms with E-state index >= 15 is 0 Å². The van der Waals surface area contributed by atoms with E-state index < -0.39 is 6.04 Å². The number of carbonyl (C=O) groups is 1. The number of piperidine rings is 1. The van der Waals surface area contributed by atoms with E-state index in [1.54, 1.807) is 4.68 Å². The van der Waals surface area contributed by atoms with Gasteiger partial charge in [0.25, 0.3) is 5.56 Å². The normalized spacial score (nSPS) is 15.6. The van der Waals surface area contributed by atoms with Crippen LogP contribution in [0, 0.1) is 5.92 Å². The van der Waals surface area contributed by atoms with E-state index in [-0.39, 0.29) is 17.4 Å². The van der Waals surface area contributed by atoms with Gasteiger partial charge in [-0.15, -0.1) is 5.10 Å². The van der Waals surface area contributed by atoms with Crippen molar-refractivity contribution in [3.05, 3.63) is 87.5 Å². The molecule has 0 radical (unpaired) electrons. The Labute approximate surface area is 215 Å². The summed E-state index contributed by atoms with van der Waals surface area (Å²) in [6.07, 6.45) is 2.21. The van der Waals surface area contributed by atoms with Crippen LogP contribution in [0.1, 0.15) is 55.2 Å². The maximum absolute atomic E-state index is 13.5. The molecule has 9 heteroatoms. The summed E-state index contributed by atoms with van der Waals surface area (Å²) in [5.41, 5.74) is 3.50. The lowest BCUT2D eigenvalue weighted by molar-refractivity contribution is -0.149. The number of nitrogens with one attached hydrogen (secondary N) is 1. The number of fused-ring (bicyclic) bond motifs is 1. The molecule has 5 rings (SSSR count). The molecular weight excluding hydrogens is 468 g/mol. The van der Waals surface area contributed by atoms with E-state index in [0.29, 0.717) is 50.5 Å². The molecule has 37 heavy (non-hydrogen) atoms. The lowest BCUT2D eigenvalue weighted by atomic mass is 9.93. The second kappa shape index (κ2) is 11.0. The number of tetrazole rings is 1. The minimum Gasteiger partial charge on any atom is -0.466 e. The van der Waals surface area contributed by atoms with Gasteiger partial charge in [-0.1, -0.05) is 43.3 Å². The summed E-state index contributed by atoms with van der Waals surface area (Å²) in [5.74, 6) is 0.317. The van der Waals surface area contributed by atoms with Crippen molar-refractivity contribution >= 4 is 16.9 Å². The number of pyridine rings is 1. The highest BCUT2D eigenvalue weighted by molar-refractivity contribution is 5.80. The molecule has 9 nitrogen and oxygen atoms in total. The van der Waals surface area contributed by atoms with Crippen LogP contribution in [0.5, 0.6) is 0 Å². The lowest BCUT2D eigenvalue weighted by Crippen LogP contribution is -2.42. The highest BCUT2D eigenvalue weighted by atomic mass is 16.5. The maximum atomic E-state index is 13.5. The third kappa shape index (κ3) is 5.32. The Hall–Kier alpha value is -3.85. The molecule has 2 aromatic heterocycles. The summed E-state index contributed by atoms with van der Waals surface area (Å²) in [6.45, 7) is 6.05. The molecule has 192 valence electrons. The van der Waals surface area contributed by atoms with Gasteiger partial charge in [0.05, 0.1) is 19.1 Å². The van der Waals surface area contributed by atoms with Gasteiger partial charge in [0, 0.05) is 24.2 Å². The van der Waals surface area contributed by atoms with E-state index in [0.717, 1.165) is 22.9 Å². The summed E-state index contributed by atoms with van der Waals surface area (Å²) >= 11 is 0. The van der Waals surface area contributed by atoms with Gasteiger partial charge in [-0.25, -0.2) is 4.68 Å². The first-order valence-corrected chi connectivity index (χ1v) is 12.9. The molecule has 0 amide bonds. The Morgan fingerprint density at radius 1 is 1.08 bits per heavy atom. The first-order chi connectivity index (χ1) is 18.1. The molecule has 0 spiro atoms. The molecule has 0 saturated carbocycles. The number of likely N-dealkylation sites (tertiary alicyclic amines) is 1. The number of esters is 1. The predicted molar refractivity (Wildman–Crippen MR) is 140 cm³/mol. The number of rotatable bonds is 8. The monoisotopic (exact) mass is 500 g/mol. The fourth-order valence-electron chi connectivity index (χ4n) is 5.12. The Bertz CT molecular complexity index is 1420. The van der Waals surface area contributed by atoms with Crippen LogP contribution >= 0.6 is 0 Å². The van der Waals surface area contributed by atoms with Gasteiger partial charge in [0.1, 0.15) is 6.04 Å². The minimum absolute atomic E-state index is 0.140. The largest absolute Gasteiger partial charge is 0.466 e. The molecule has 1 fully saturated rings. The maximum Gasteiger partial charge on any atom is 0.309 e. The summed E-state index contributed by atoms with van der Waals surface area (Å²) < 4.78 is 7.03. The first-order valence-electron chi connectivity index (χ1n) is 12.9. The van der Waals surface area contributed by atoms with Gasteiger partial charge < -0.3 is 9.72 Å². The van der Waals surface area contributed by atoms with Crippen molar-refractivity contribution in [1.29, 1.82) is 0 Å². The molecule has 1 unspecified atom stereocenters. The molecule has 4 aromatic rings. The van der Waals surface area contributed by atoms with Crippen molar-refractivity contribution in [2.24, 2.45) is 5.92 Å². The molecule has 0 aliphatic carbocycles. The first kappa shape index (κ1) is 24.8. The van der Waals surface area contributed by atoms with Crippen molar-refractivity contribution in [2.45, 2.75) is 45.7 Å². The quantitative estimate of drug-likeness (QED) is 0.369. The van der Waals surface area contributed by atoms with Gasteiger partial charge in [-0.3, -0.25) is 14.5 Å². The highest BCUT2D eigenvalue weighted by Gasteiger charge is 2.35. The second-order valence-electron chi connectivity index (χ2n) is 9.47. The number of hydrogen-bond acceptors (Lipinski definition) is 7. The summed E-state index contributed by atoms with van der Waals surface area (Å²) in [7, 11) is 0. The zero-order valence-electron chi connectivity index (χ0n) is 21.3. The molecule has 1 saturated heterocycles. The fourth-order valence-corrected chi connectivity index (χ4v) is 5.12. The number of aryl methyl sites for hydroxylation is 1. The van der Waals surface area contributed by atoms with Crippen LogP contribution < -0.4 is 5.56 Å². The summed E-state index contributed by atoms with van der Waals surface area (Å²) in [5, 5.41) is 13.7. The molecule has 0 bridgehead atoms. The number of nitrogens with zero attached hydrogens (tertiary/aromatic N) is 5. The Balaban J connectivity index is 1.55. The van der Waals surface area contributed by atoms with Gasteiger partial charge >= 0.3 is 5.97 Å². The van der Waals surface area contributed by atoms with Gasteiger partial charge in [0.2, 0.25) is 0 Å². The minimum atomic E-state index is -0.458. The number of carbonyl (C=O) groups excluding carboxylic acids is 1. The fraction of sp³-hybridized carbons (Fsp3) is 0.393. The average Bonchev–Trinajstić information content (AvgIpc) is 3.37. The lowest BCUT2D eigenvalue weighted by Gasteiger charge is -2.36. The molecule has 1 aliphatic rings. The van der Waals surface area contributed by atoms with Crippen molar-refractivity contribution in [3.8, 4) is 0 Å². The summed E-state index contributed by atoms with van der Waals surface area (Å²) in [4.78, 5) is 31.1. The van der Waals surface area contributed by atoms with E-state index in [1.807, 2.05) is 55.5 Å². The van der Waals surface area contributed by atoms with Gasteiger partial charge in [0.15, 0.2) is 5.82 Å². The van der Waals surface area contributed by atoms with E-state index in [4.69, 9.17) is 4.74 Å². The molecule has 2 aromatic carbocycles. The van der Waals surface area contributed by atoms with Crippen molar-refractivity contribution in [3.63, 3.8) is 0 Å². The van der Waals surface area contributed by atoms with Crippen molar-refractivity contribution in [1.82, 2.24) is 30.1 Å². The zero-order valence-corrected chi connectivity index (χ0v) is 21.3. The van der Waals surface area contributed by atoms with E-state index in [2.05, 4.69) is 38.4 Å². The third-order valence-corrected chi connectivity index (χ3v) is 7.13. The van der Waals surface area contributed by atoms with Crippen LogP contribution in [0.15, 0.2) is 59.4 Å². The number of hydrogen-bond donors (Lipinski definition) is 1. The van der Waals surface area contributed by atoms with Crippen molar-refractivity contribution in [2.75, 3.05) is 19.7 Å². The Morgan fingerprint density at radius 2 is 1.86 bits per heavy atom. The second-order valence-corrected chi connectivity index (χ2v) is 9.47. The number of aromatic nitrogens is 5. The van der Waals surface area contributed by atoms with E-state index in [1.165, 1.54) is 5.56 Å². The van der Waals surface area contributed by atoms with Crippen LogP contribution in [0.3, 0.4) is 0 Å². The van der Waals surface area contributed by atoms with Crippen molar-refractivity contribution < 1.29 is 9.53 Å². The number of ether oxygens (including phenoxy) is 1.